The third-order valence-corrected chi connectivity index (χ3v) is 3.22. The molecule has 1 aromatic heterocycles. The third kappa shape index (κ3) is 5.26. The van der Waals surface area contributed by atoms with E-state index in [1.165, 1.54) is 32.6 Å². The van der Waals surface area contributed by atoms with E-state index in [2.05, 4.69) is 5.32 Å². The Morgan fingerprint density at radius 1 is 1.12 bits per heavy atom. The van der Waals surface area contributed by atoms with Crippen molar-refractivity contribution >= 4 is 17.9 Å². The first kappa shape index (κ1) is 18.8. The van der Waals surface area contributed by atoms with E-state index >= 15 is 0 Å². The average molecular weight is 362 g/mol. The van der Waals surface area contributed by atoms with Gasteiger partial charge in [-0.3, -0.25) is 10.1 Å². The summed E-state index contributed by atoms with van der Waals surface area (Å²) in [6, 6.07) is 7.14. The van der Waals surface area contributed by atoms with Crippen molar-refractivity contribution in [3.05, 3.63) is 47.9 Å². The predicted molar refractivity (Wildman–Crippen MR) is 88.9 cm³/mol. The lowest BCUT2D eigenvalue weighted by molar-refractivity contribution is -0.123. The largest absolute Gasteiger partial charge is 0.497 e. The summed E-state index contributed by atoms with van der Waals surface area (Å²) >= 11 is 0. The van der Waals surface area contributed by atoms with Crippen LogP contribution in [0.3, 0.4) is 0 Å². The molecule has 3 amide bonds. The molecular weight excluding hydrogens is 344 g/mol. The summed E-state index contributed by atoms with van der Waals surface area (Å²) in [6.45, 7) is -0.503. The van der Waals surface area contributed by atoms with Gasteiger partial charge in [-0.05, 0) is 24.3 Å². The van der Waals surface area contributed by atoms with Crippen LogP contribution in [-0.2, 0) is 16.1 Å². The van der Waals surface area contributed by atoms with E-state index in [9.17, 15) is 14.4 Å². The molecule has 2 rings (SSSR count). The SMILES string of the molecule is COc1ccc(C(=O)OCC(=O)NC(=O)NCc2ccco2)c(OC)c1. The second-order valence-electron chi connectivity index (χ2n) is 4.95. The van der Waals surface area contributed by atoms with Crippen LogP contribution in [0.15, 0.2) is 41.0 Å². The number of carbonyl (C=O) groups excluding carboxylic acids is 3. The lowest BCUT2D eigenvalue weighted by atomic mass is 10.2. The highest BCUT2D eigenvalue weighted by atomic mass is 16.5. The first-order chi connectivity index (χ1) is 12.5. The molecule has 9 heteroatoms. The third-order valence-electron chi connectivity index (χ3n) is 3.22. The molecule has 0 spiro atoms. The normalized spacial score (nSPS) is 9.92. The summed E-state index contributed by atoms with van der Waals surface area (Å²) in [5, 5.41) is 4.46. The van der Waals surface area contributed by atoms with E-state index in [4.69, 9.17) is 18.6 Å². The molecule has 138 valence electrons. The van der Waals surface area contributed by atoms with Crippen LogP contribution < -0.4 is 20.1 Å². The van der Waals surface area contributed by atoms with Gasteiger partial charge in [0.2, 0.25) is 0 Å². The van der Waals surface area contributed by atoms with Crippen LogP contribution in [-0.4, -0.2) is 38.7 Å². The number of furan rings is 1. The minimum Gasteiger partial charge on any atom is -0.497 e. The molecule has 0 aliphatic heterocycles. The molecule has 1 heterocycles. The van der Waals surface area contributed by atoms with Crippen LogP contribution in [0.4, 0.5) is 4.79 Å². The molecule has 1 aromatic carbocycles. The van der Waals surface area contributed by atoms with Crippen molar-refractivity contribution in [3.8, 4) is 11.5 Å². The van der Waals surface area contributed by atoms with Crippen molar-refractivity contribution in [2.75, 3.05) is 20.8 Å². The van der Waals surface area contributed by atoms with Crippen molar-refractivity contribution in [2.24, 2.45) is 0 Å². The first-order valence-electron chi connectivity index (χ1n) is 7.52. The van der Waals surface area contributed by atoms with Gasteiger partial charge in [0, 0.05) is 6.07 Å². The van der Waals surface area contributed by atoms with E-state index in [0.29, 0.717) is 11.5 Å². The number of imide groups is 1. The van der Waals surface area contributed by atoms with Gasteiger partial charge in [-0.2, -0.15) is 0 Å². The zero-order valence-electron chi connectivity index (χ0n) is 14.2. The van der Waals surface area contributed by atoms with Crippen molar-refractivity contribution in [3.63, 3.8) is 0 Å². The quantitative estimate of drug-likeness (QED) is 0.717. The minimum absolute atomic E-state index is 0.120. The number of carbonyl (C=O) groups is 3. The Hall–Kier alpha value is -3.49. The van der Waals surface area contributed by atoms with Crippen LogP contribution >= 0.6 is 0 Å². The molecule has 0 radical (unpaired) electrons. The molecule has 0 fully saturated rings. The molecule has 0 saturated heterocycles. The maximum absolute atomic E-state index is 12.1. The Morgan fingerprint density at radius 2 is 1.92 bits per heavy atom. The monoisotopic (exact) mass is 362 g/mol. The number of nitrogens with one attached hydrogen (secondary N) is 2. The van der Waals surface area contributed by atoms with E-state index in [0.717, 1.165) is 0 Å². The average Bonchev–Trinajstić information content (AvgIpc) is 3.17. The van der Waals surface area contributed by atoms with Crippen molar-refractivity contribution < 1.29 is 33.0 Å². The zero-order valence-corrected chi connectivity index (χ0v) is 14.2. The van der Waals surface area contributed by atoms with Gasteiger partial charge < -0.3 is 23.9 Å². The van der Waals surface area contributed by atoms with Gasteiger partial charge >= 0.3 is 12.0 Å². The fourth-order valence-electron chi connectivity index (χ4n) is 1.96. The molecule has 0 unspecified atom stereocenters. The van der Waals surface area contributed by atoms with Crippen LogP contribution in [0.5, 0.6) is 11.5 Å². The highest BCUT2D eigenvalue weighted by Gasteiger charge is 2.17. The number of urea groups is 1. The van der Waals surface area contributed by atoms with Crippen molar-refractivity contribution in [1.29, 1.82) is 0 Å². The summed E-state index contributed by atoms with van der Waals surface area (Å²) < 4.78 is 20.1. The molecule has 2 N–H and O–H groups in total. The van der Waals surface area contributed by atoms with Gasteiger partial charge in [-0.25, -0.2) is 9.59 Å². The Labute approximate surface area is 149 Å². The van der Waals surface area contributed by atoms with E-state index in [-0.39, 0.29) is 17.9 Å². The Balaban J connectivity index is 1.81. The maximum atomic E-state index is 12.1. The second kappa shape index (κ2) is 9.11. The summed E-state index contributed by atoms with van der Waals surface area (Å²) in [5.74, 6) is -0.264. The van der Waals surface area contributed by atoms with Crippen molar-refractivity contribution in [2.45, 2.75) is 6.54 Å². The van der Waals surface area contributed by atoms with Crippen LogP contribution in [0, 0.1) is 0 Å². The number of hydrogen-bond donors (Lipinski definition) is 2. The van der Waals surface area contributed by atoms with Gasteiger partial charge in [0.15, 0.2) is 6.61 Å². The Kier molecular flexibility index (Phi) is 6.60. The lowest BCUT2D eigenvalue weighted by Crippen LogP contribution is -2.41. The smallest absolute Gasteiger partial charge is 0.342 e. The molecule has 0 aliphatic rings. The number of hydrogen-bond acceptors (Lipinski definition) is 7. The molecule has 0 saturated carbocycles. The van der Waals surface area contributed by atoms with Gasteiger partial charge in [-0.15, -0.1) is 0 Å². The van der Waals surface area contributed by atoms with Crippen LogP contribution in [0.25, 0.3) is 0 Å². The molecule has 0 aliphatic carbocycles. The Morgan fingerprint density at radius 3 is 2.58 bits per heavy atom. The number of ether oxygens (including phenoxy) is 3. The fraction of sp³-hybridized carbons (Fsp3) is 0.235. The molecule has 26 heavy (non-hydrogen) atoms. The highest BCUT2D eigenvalue weighted by molar-refractivity contribution is 5.97. The molecular formula is C17H18N2O7. The second-order valence-corrected chi connectivity index (χ2v) is 4.95. The predicted octanol–water partition coefficient (Wildman–Crippen LogP) is 1.48. The number of esters is 1. The zero-order chi connectivity index (χ0) is 18.9. The number of methoxy groups -OCH3 is 2. The van der Waals surface area contributed by atoms with E-state index in [1.807, 2.05) is 5.32 Å². The lowest BCUT2D eigenvalue weighted by Gasteiger charge is -2.10. The highest BCUT2D eigenvalue weighted by Crippen LogP contribution is 2.25. The van der Waals surface area contributed by atoms with Gasteiger partial charge in [0.25, 0.3) is 5.91 Å². The standard InChI is InChI=1S/C17H18N2O7/c1-23-11-5-6-13(14(8-11)24-2)16(21)26-10-15(20)19-17(22)18-9-12-4-3-7-25-12/h3-8H,9-10H2,1-2H3,(H2,18,19,20,22). The van der Waals surface area contributed by atoms with Crippen LogP contribution in [0.2, 0.25) is 0 Å². The fourth-order valence-corrected chi connectivity index (χ4v) is 1.96. The summed E-state index contributed by atoms with van der Waals surface area (Å²) in [6.07, 6.45) is 1.47. The molecule has 0 bridgehead atoms. The first-order valence-corrected chi connectivity index (χ1v) is 7.52. The number of benzene rings is 1. The van der Waals surface area contributed by atoms with Gasteiger partial charge in [0.05, 0.1) is 27.0 Å². The number of rotatable bonds is 7. The van der Waals surface area contributed by atoms with E-state index < -0.39 is 24.5 Å². The summed E-state index contributed by atoms with van der Waals surface area (Å²) in [4.78, 5) is 35.3. The topological polar surface area (TPSA) is 116 Å². The summed E-state index contributed by atoms with van der Waals surface area (Å²) in [7, 11) is 2.87. The van der Waals surface area contributed by atoms with Gasteiger partial charge in [-0.1, -0.05) is 0 Å². The summed E-state index contributed by atoms with van der Waals surface area (Å²) in [5.41, 5.74) is 0.128. The Bertz CT molecular complexity index is 771. The van der Waals surface area contributed by atoms with Crippen molar-refractivity contribution in [1.82, 2.24) is 10.6 Å². The number of amides is 3. The van der Waals surface area contributed by atoms with Gasteiger partial charge in [0.1, 0.15) is 22.8 Å². The van der Waals surface area contributed by atoms with E-state index in [1.54, 1.807) is 18.2 Å². The molecule has 9 nitrogen and oxygen atoms in total. The van der Waals surface area contributed by atoms with Crippen LogP contribution in [0.1, 0.15) is 16.1 Å². The molecule has 2 aromatic rings. The maximum Gasteiger partial charge on any atom is 0.342 e. The molecule has 0 atom stereocenters. The minimum atomic E-state index is -0.775.